The highest BCUT2D eigenvalue weighted by Gasteiger charge is 2.44. The average Bonchev–Trinajstić information content (AvgIpc) is 2.94. The fourth-order valence-corrected chi connectivity index (χ4v) is 3.21. The maximum atomic E-state index is 12.6. The van der Waals surface area contributed by atoms with E-state index in [1.165, 1.54) is 0 Å². The summed E-state index contributed by atoms with van der Waals surface area (Å²) in [5.41, 5.74) is 0.931. The normalized spacial score (nSPS) is 21.3. The van der Waals surface area contributed by atoms with Crippen molar-refractivity contribution in [2.24, 2.45) is 5.92 Å². The zero-order valence-corrected chi connectivity index (χ0v) is 15.2. The van der Waals surface area contributed by atoms with Gasteiger partial charge < -0.3 is 20.1 Å². The molecule has 1 aromatic carbocycles. The van der Waals surface area contributed by atoms with Crippen LogP contribution in [0.2, 0.25) is 0 Å². The van der Waals surface area contributed by atoms with E-state index in [1.807, 2.05) is 29.2 Å². The molecule has 6 heteroatoms. The number of benzene rings is 1. The van der Waals surface area contributed by atoms with Gasteiger partial charge in [-0.3, -0.25) is 9.59 Å². The summed E-state index contributed by atoms with van der Waals surface area (Å²) in [6.45, 7) is 4.53. The van der Waals surface area contributed by atoms with Gasteiger partial charge in [0.1, 0.15) is 5.75 Å². The second-order valence-corrected chi connectivity index (χ2v) is 6.56. The van der Waals surface area contributed by atoms with Crippen LogP contribution in [-0.2, 0) is 9.59 Å². The van der Waals surface area contributed by atoms with Crippen LogP contribution in [0.3, 0.4) is 0 Å². The van der Waals surface area contributed by atoms with Crippen LogP contribution in [0, 0.1) is 5.92 Å². The standard InChI is InChI=1S/C19H28N2O4/c1-4-5-10-21-17(23)11-16(19(24)20-12-13(2)22)18(21)14-6-8-15(25-3)9-7-14/h6-9,13,16,18,22H,4-5,10-12H2,1-3H3,(H,20,24). The molecule has 0 saturated carbocycles. The molecule has 1 aliphatic rings. The minimum absolute atomic E-state index is 0.00599. The van der Waals surface area contributed by atoms with Gasteiger partial charge in [-0.2, -0.15) is 0 Å². The number of nitrogens with zero attached hydrogens (tertiary/aromatic N) is 1. The SMILES string of the molecule is CCCCN1C(=O)CC(C(=O)NCC(C)O)C1c1ccc(OC)cc1. The molecule has 0 aromatic heterocycles. The van der Waals surface area contributed by atoms with Gasteiger partial charge >= 0.3 is 0 Å². The molecule has 138 valence electrons. The zero-order chi connectivity index (χ0) is 18.4. The lowest BCUT2D eigenvalue weighted by Crippen LogP contribution is -2.38. The molecule has 1 aliphatic heterocycles. The number of methoxy groups -OCH3 is 1. The summed E-state index contributed by atoms with van der Waals surface area (Å²) >= 11 is 0. The third-order valence-electron chi connectivity index (χ3n) is 4.55. The van der Waals surface area contributed by atoms with Crippen LogP contribution in [0.15, 0.2) is 24.3 Å². The number of rotatable bonds is 8. The number of likely N-dealkylation sites (tertiary alicyclic amines) is 1. The number of carbonyl (C=O) groups excluding carboxylic acids is 2. The van der Waals surface area contributed by atoms with E-state index in [-0.39, 0.29) is 30.8 Å². The second-order valence-electron chi connectivity index (χ2n) is 6.56. The van der Waals surface area contributed by atoms with Gasteiger partial charge in [0.15, 0.2) is 0 Å². The molecule has 25 heavy (non-hydrogen) atoms. The molecule has 1 fully saturated rings. The molecule has 2 amide bonds. The maximum Gasteiger partial charge on any atom is 0.226 e. The first kappa shape index (κ1) is 19.2. The average molecular weight is 348 g/mol. The van der Waals surface area contributed by atoms with E-state index in [0.717, 1.165) is 24.2 Å². The monoisotopic (exact) mass is 348 g/mol. The van der Waals surface area contributed by atoms with Gasteiger partial charge in [-0.1, -0.05) is 25.5 Å². The van der Waals surface area contributed by atoms with Gasteiger partial charge in [-0.05, 0) is 31.0 Å². The Balaban J connectivity index is 2.26. The minimum atomic E-state index is -0.614. The van der Waals surface area contributed by atoms with Crippen molar-refractivity contribution in [2.45, 2.75) is 45.3 Å². The first-order chi connectivity index (χ1) is 12.0. The van der Waals surface area contributed by atoms with E-state index in [1.54, 1.807) is 14.0 Å². The van der Waals surface area contributed by atoms with Crippen molar-refractivity contribution in [2.75, 3.05) is 20.2 Å². The summed E-state index contributed by atoms with van der Waals surface area (Å²) in [7, 11) is 1.61. The third-order valence-corrected chi connectivity index (χ3v) is 4.55. The Bertz CT molecular complexity index is 586. The van der Waals surface area contributed by atoms with Crippen molar-refractivity contribution in [3.8, 4) is 5.75 Å². The molecule has 3 unspecified atom stereocenters. The topological polar surface area (TPSA) is 78.9 Å². The lowest BCUT2D eigenvalue weighted by molar-refractivity contribution is -0.129. The highest BCUT2D eigenvalue weighted by atomic mass is 16.5. The fourth-order valence-electron chi connectivity index (χ4n) is 3.21. The van der Waals surface area contributed by atoms with E-state index in [0.29, 0.717) is 6.54 Å². The van der Waals surface area contributed by atoms with E-state index in [4.69, 9.17) is 4.74 Å². The largest absolute Gasteiger partial charge is 0.497 e. The van der Waals surface area contributed by atoms with E-state index in [9.17, 15) is 14.7 Å². The maximum absolute atomic E-state index is 12.6. The third kappa shape index (κ3) is 4.72. The number of carbonyl (C=O) groups is 2. The van der Waals surface area contributed by atoms with Crippen molar-refractivity contribution >= 4 is 11.8 Å². The molecular formula is C19H28N2O4. The summed E-state index contributed by atoms with van der Waals surface area (Å²) < 4.78 is 5.20. The summed E-state index contributed by atoms with van der Waals surface area (Å²) in [5, 5.41) is 12.1. The Kier molecular flexibility index (Phi) is 6.82. The minimum Gasteiger partial charge on any atom is -0.497 e. The van der Waals surface area contributed by atoms with Crippen molar-refractivity contribution < 1.29 is 19.4 Å². The first-order valence-corrected chi connectivity index (χ1v) is 8.87. The number of hydrogen-bond donors (Lipinski definition) is 2. The number of hydrogen-bond acceptors (Lipinski definition) is 4. The van der Waals surface area contributed by atoms with E-state index >= 15 is 0 Å². The predicted molar refractivity (Wildman–Crippen MR) is 95.2 cm³/mol. The van der Waals surface area contributed by atoms with Gasteiger partial charge in [0, 0.05) is 19.5 Å². The molecule has 0 radical (unpaired) electrons. The zero-order valence-electron chi connectivity index (χ0n) is 15.2. The number of nitrogens with one attached hydrogen (secondary N) is 1. The van der Waals surface area contributed by atoms with Crippen molar-refractivity contribution in [1.29, 1.82) is 0 Å². The molecule has 1 heterocycles. The van der Waals surface area contributed by atoms with Gasteiger partial charge in [0.2, 0.25) is 11.8 Å². The number of ether oxygens (including phenoxy) is 1. The van der Waals surface area contributed by atoms with Crippen LogP contribution in [0.5, 0.6) is 5.75 Å². The van der Waals surface area contributed by atoms with Gasteiger partial charge in [0.05, 0.1) is 25.2 Å². The van der Waals surface area contributed by atoms with Crippen molar-refractivity contribution in [1.82, 2.24) is 10.2 Å². The Morgan fingerprint density at radius 2 is 2.08 bits per heavy atom. The van der Waals surface area contributed by atoms with Crippen molar-refractivity contribution in [3.63, 3.8) is 0 Å². The van der Waals surface area contributed by atoms with Crippen molar-refractivity contribution in [3.05, 3.63) is 29.8 Å². The van der Waals surface area contributed by atoms with Crippen LogP contribution >= 0.6 is 0 Å². The molecule has 1 saturated heterocycles. The number of amides is 2. The molecule has 1 aromatic rings. The Labute approximate surface area is 149 Å². The number of aliphatic hydroxyl groups is 1. The lowest BCUT2D eigenvalue weighted by Gasteiger charge is -2.28. The quantitative estimate of drug-likeness (QED) is 0.752. The van der Waals surface area contributed by atoms with E-state index < -0.39 is 12.0 Å². The molecule has 3 atom stereocenters. The number of unbranched alkanes of at least 4 members (excludes halogenated alkanes) is 1. The summed E-state index contributed by atoms with van der Waals surface area (Å²) in [5.74, 6) is 0.111. The molecule has 0 bridgehead atoms. The molecule has 6 nitrogen and oxygen atoms in total. The van der Waals surface area contributed by atoms with Crippen LogP contribution < -0.4 is 10.1 Å². The highest BCUT2D eigenvalue weighted by molar-refractivity contribution is 5.90. The molecule has 0 spiro atoms. The smallest absolute Gasteiger partial charge is 0.226 e. The molecule has 2 rings (SSSR count). The fraction of sp³-hybridized carbons (Fsp3) is 0.579. The van der Waals surface area contributed by atoms with Gasteiger partial charge in [-0.15, -0.1) is 0 Å². The van der Waals surface area contributed by atoms with E-state index in [2.05, 4.69) is 12.2 Å². The van der Waals surface area contributed by atoms with Gasteiger partial charge in [0.25, 0.3) is 0 Å². The first-order valence-electron chi connectivity index (χ1n) is 8.87. The van der Waals surface area contributed by atoms with Crippen LogP contribution in [0.4, 0.5) is 0 Å². The highest BCUT2D eigenvalue weighted by Crippen LogP contribution is 2.39. The molecule has 0 aliphatic carbocycles. The Hall–Kier alpha value is -2.08. The van der Waals surface area contributed by atoms with Gasteiger partial charge in [-0.25, -0.2) is 0 Å². The summed E-state index contributed by atoms with van der Waals surface area (Å²) in [4.78, 5) is 26.9. The summed E-state index contributed by atoms with van der Waals surface area (Å²) in [6, 6.07) is 7.24. The Morgan fingerprint density at radius 1 is 1.40 bits per heavy atom. The lowest BCUT2D eigenvalue weighted by atomic mass is 9.92. The Morgan fingerprint density at radius 3 is 2.64 bits per heavy atom. The summed E-state index contributed by atoms with van der Waals surface area (Å²) in [6.07, 6.45) is 1.47. The van der Waals surface area contributed by atoms with Crippen LogP contribution in [-0.4, -0.2) is 48.1 Å². The molecule has 2 N–H and O–H groups in total. The predicted octanol–water partition coefficient (Wildman–Crippen LogP) is 1.88. The van der Waals surface area contributed by atoms with Crippen LogP contribution in [0.25, 0.3) is 0 Å². The molecular weight excluding hydrogens is 320 g/mol. The number of aliphatic hydroxyl groups excluding tert-OH is 1. The van der Waals surface area contributed by atoms with Crippen LogP contribution in [0.1, 0.15) is 44.7 Å². The second kappa shape index (κ2) is 8.85.